The number of rotatable bonds is 1. The monoisotopic (exact) mass is 228 g/mol. The van der Waals surface area contributed by atoms with Gasteiger partial charge in [0.25, 0.3) is 0 Å². The summed E-state index contributed by atoms with van der Waals surface area (Å²) in [7, 11) is 0. The van der Waals surface area contributed by atoms with Crippen LogP contribution >= 0.6 is 0 Å². The summed E-state index contributed by atoms with van der Waals surface area (Å²) in [5.74, 6) is 0.181. The van der Waals surface area contributed by atoms with Crippen molar-refractivity contribution < 1.29 is 8.81 Å². The van der Waals surface area contributed by atoms with Gasteiger partial charge in [-0.3, -0.25) is 0 Å². The van der Waals surface area contributed by atoms with Crippen molar-refractivity contribution in [1.82, 2.24) is 9.97 Å². The van der Waals surface area contributed by atoms with Crippen LogP contribution in [0.4, 0.5) is 4.39 Å². The number of hydrogen-bond donors (Lipinski definition) is 0. The van der Waals surface area contributed by atoms with E-state index < -0.39 is 0 Å². The zero-order valence-corrected chi connectivity index (χ0v) is 9.14. The number of nitrogens with zero attached hydrogens (tertiary/aromatic N) is 2. The number of hydrogen-bond acceptors (Lipinski definition) is 3. The van der Waals surface area contributed by atoms with Gasteiger partial charge in [-0.25, -0.2) is 14.4 Å². The molecule has 2 heterocycles. The predicted molar refractivity (Wildman–Crippen MR) is 61.9 cm³/mol. The molecule has 0 saturated heterocycles. The Kier molecular flexibility index (Phi) is 2.14. The molecule has 3 nitrogen and oxygen atoms in total. The molecule has 0 saturated carbocycles. The van der Waals surface area contributed by atoms with Crippen LogP contribution in [0.1, 0.15) is 5.56 Å². The lowest BCUT2D eigenvalue weighted by molar-refractivity contribution is 0.606. The third-order valence-corrected chi connectivity index (χ3v) is 2.59. The highest BCUT2D eigenvalue weighted by Crippen LogP contribution is 2.24. The molecule has 2 aromatic heterocycles. The van der Waals surface area contributed by atoms with Crippen molar-refractivity contribution >= 4 is 11.2 Å². The number of benzene rings is 1. The molecule has 0 aliphatic heterocycles. The summed E-state index contributed by atoms with van der Waals surface area (Å²) in [6.45, 7) is 1.95. The second kappa shape index (κ2) is 3.66. The molecule has 0 fully saturated rings. The normalized spacial score (nSPS) is 10.9. The van der Waals surface area contributed by atoms with Crippen molar-refractivity contribution in [3.05, 3.63) is 47.9 Å². The first-order valence-electron chi connectivity index (χ1n) is 5.22. The fraction of sp³-hybridized carbons (Fsp3) is 0.0769. The zero-order valence-electron chi connectivity index (χ0n) is 9.14. The van der Waals surface area contributed by atoms with Crippen molar-refractivity contribution in [3.63, 3.8) is 0 Å². The molecule has 1 aromatic carbocycles. The van der Waals surface area contributed by atoms with Crippen LogP contribution in [0.5, 0.6) is 0 Å². The van der Waals surface area contributed by atoms with Gasteiger partial charge in [0.1, 0.15) is 11.3 Å². The molecule has 4 heteroatoms. The first-order chi connectivity index (χ1) is 8.24. The minimum atomic E-state index is -0.279. The minimum absolute atomic E-state index is 0.279. The van der Waals surface area contributed by atoms with Crippen LogP contribution in [0.25, 0.3) is 22.7 Å². The molecule has 0 aliphatic rings. The molecule has 0 N–H and O–H groups in total. The highest BCUT2D eigenvalue weighted by atomic mass is 19.1. The van der Waals surface area contributed by atoms with Gasteiger partial charge in [0, 0.05) is 11.8 Å². The Bertz CT molecular complexity index is 673. The minimum Gasteiger partial charge on any atom is -0.418 e. The first kappa shape index (κ1) is 9.96. The highest BCUT2D eigenvalue weighted by molar-refractivity contribution is 5.75. The van der Waals surface area contributed by atoms with Crippen LogP contribution in [-0.2, 0) is 0 Å². The lowest BCUT2D eigenvalue weighted by atomic mass is 10.2. The van der Waals surface area contributed by atoms with Crippen molar-refractivity contribution in [3.8, 4) is 11.5 Å². The molecule has 0 radical (unpaired) electrons. The Hall–Kier alpha value is -2.23. The fourth-order valence-electron chi connectivity index (χ4n) is 1.67. The second-order valence-electron chi connectivity index (χ2n) is 3.81. The molecule has 3 aromatic rings. The number of aryl methyl sites for hydroxylation is 1. The van der Waals surface area contributed by atoms with E-state index in [0.29, 0.717) is 11.6 Å². The molecule has 0 atom stereocenters. The van der Waals surface area contributed by atoms with E-state index in [1.54, 1.807) is 18.3 Å². The molecular formula is C13H9FN2O. The molecule has 84 valence electrons. The number of aromatic nitrogens is 2. The summed E-state index contributed by atoms with van der Waals surface area (Å²) in [6.07, 6.45) is 1.68. The lowest BCUT2D eigenvalue weighted by Crippen LogP contribution is -1.79. The van der Waals surface area contributed by atoms with E-state index in [2.05, 4.69) is 9.97 Å². The Morgan fingerprint density at radius 1 is 1.12 bits per heavy atom. The molecular weight excluding hydrogens is 219 g/mol. The fourth-order valence-corrected chi connectivity index (χ4v) is 1.67. The second-order valence-corrected chi connectivity index (χ2v) is 3.81. The molecule has 0 bridgehead atoms. The molecule has 0 amide bonds. The van der Waals surface area contributed by atoms with Gasteiger partial charge in [-0.05, 0) is 42.8 Å². The average molecular weight is 228 g/mol. The molecule has 0 unspecified atom stereocenters. The van der Waals surface area contributed by atoms with Crippen molar-refractivity contribution in [2.24, 2.45) is 0 Å². The summed E-state index contributed by atoms with van der Waals surface area (Å²) in [4.78, 5) is 8.46. The number of fused-ring (bicyclic) bond motifs is 1. The highest BCUT2D eigenvalue weighted by Gasteiger charge is 2.10. The van der Waals surface area contributed by atoms with Crippen LogP contribution in [0.3, 0.4) is 0 Å². The van der Waals surface area contributed by atoms with Gasteiger partial charge in [-0.2, -0.15) is 0 Å². The third kappa shape index (κ3) is 1.67. The van der Waals surface area contributed by atoms with Crippen molar-refractivity contribution in [2.75, 3.05) is 0 Å². The SMILES string of the molecule is Cc1ccnc2oc(-c3ccc(F)cc3)nc12. The lowest BCUT2D eigenvalue weighted by Gasteiger charge is -1.93. The van der Waals surface area contributed by atoms with Crippen molar-refractivity contribution in [1.29, 1.82) is 0 Å². The molecule has 0 aliphatic carbocycles. The van der Waals surface area contributed by atoms with E-state index in [9.17, 15) is 4.39 Å². The summed E-state index contributed by atoms with van der Waals surface area (Å²) in [6, 6.07) is 7.90. The van der Waals surface area contributed by atoms with Crippen LogP contribution in [0, 0.1) is 12.7 Å². The van der Waals surface area contributed by atoms with Crippen LogP contribution < -0.4 is 0 Å². The van der Waals surface area contributed by atoms with Crippen LogP contribution in [0.15, 0.2) is 40.9 Å². The number of pyridine rings is 1. The van der Waals surface area contributed by atoms with Gasteiger partial charge in [-0.1, -0.05) is 0 Å². The summed E-state index contributed by atoms with van der Waals surface area (Å²) in [5.41, 5.74) is 2.99. The maximum absolute atomic E-state index is 12.8. The molecule has 0 spiro atoms. The molecule has 17 heavy (non-hydrogen) atoms. The average Bonchev–Trinajstić information content (AvgIpc) is 2.75. The van der Waals surface area contributed by atoms with Gasteiger partial charge in [0.05, 0.1) is 0 Å². The summed E-state index contributed by atoms with van der Waals surface area (Å²) >= 11 is 0. The number of halogens is 1. The largest absolute Gasteiger partial charge is 0.418 e. The van der Waals surface area contributed by atoms with Crippen molar-refractivity contribution in [2.45, 2.75) is 6.92 Å². The van der Waals surface area contributed by atoms with Gasteiger partial charge in [0.15, 0.2) is 0 Å². The van der Waals surface area contributed by atoms with Gasteiger partial charge in [0.2, 0.25) is 11.6 Å². The summed E-state index contributed by atoms with van der Waals surface area (Å²) in [5, 5.41) is 0. The zero-order chi connectivity index (χ0) is 11.8. The maximum atomic E-state index is 12.8. The van der Waals surface area contributed by atoms with E-state index in [-0.39, 0.29) is 5.82 Å². The van der Waals surface area contributed by atoms with Gasteiger partial charge >= 0.3 is 0 Å². The van der Waals surface area contributed by atoms with E-state index in [1.807, 2.05) is 13.0 Å². The van der Waals surface area contributed by atoms with Gasteiger partial charge < -0.3 is 4.42 Å². The first-order valence-corrected chi connectivity index (χ1v) is 5.22. The maximum Gasteiger partial charge on any atom is 0.247 e. The topological polar surface area (TPSA) is 38.9 Å². The van der Waals surface area contributed by atoms with Crippen LogP contribution in [-0.4, -0.2) is 9.97 Å². The standard InChI is InChI=1S/C13H9FN2O/c1-8-6-7-15-13-11(8)16-12(17-13)9-2-4-10(14)5-3-9/h2-7H,1H3. The van der Waals surface area contributed by atoms with E-state index in [0.717, 1.165) is 16.6 Å². The Balaban J connectivity index is 2.18. The Morgan fingerprint density at radius 2 is 1.88 bits per heavy atom. The summed E-state index contributed by atoms with van der Waals surface area (Å²) < 4.78 is 18.3. The molecule has 3 rings (SSSR count). The van der Waals surface area contributed by atoms with Crippen LogP contribution in [0.2, 0.25) is 0 Å². The van der Waals surface area contributed by atoms with E-state index in [4.69, 9.17) is 4.42 Å². The van der Waals surface area contributed by atoms with Gasteiger partial charge in [-0.15, -0.1) is 0 Å². The van der Waals surface area contributed by atoms with E-state index in [1.165, 1.54) is 12.1 Å². The predicted octanol–water partition coefficient (Wildman–Crippen LogP) is 3.34. The number of oxazole rings is 1. The smallest absolute Gasteiger partial charge is 0.247 e. The Labute approximate surface area is 96.9 Å². The third-order valence-electron chi connectivity index (χ3n) is 2.59. The van der Waals surface area contributed by atoms with E-state index >= 15 is 0 Å². The quantitative estimate of drug-likeness (QED) is 0.641. The Morgan fingerprint density at radius 3 is 2.59 bits per heavy atom.